The summed E-state index contributed by atoms with van der Waals surface area (Å²) in [5.74, 6) is 0.937. The van der Waals surface area contributed by atoms with Gasteiger partial charge in [-0.3, -0.25) is 4.98 Å². The maximum absolute atomic E-state index is 5.65. The topological polar surface area (TPSA) is 46.2 Å². The zero-order chi connectivity index (χ0) is 17.9. The van der Waals surface area contributed by atoms with Crippen molar-refractivity contribution >= 4 is 17.3 Å². The van der Waals surface area contributed by atoms with Gasteiger partial charge in [0, 0.05) is 24.6 Å². The molecule has 0 radical (unpaired) electrons. The van der Waals surface area contributed by atoms with Crippen molar-refractivity contribution < 1.29 is 4.42 Å². The van der Waals surface area contributed by atoms with E-state index < -0.39 is 0 Å². The van der Waals surface area contributed by atoms with Gasteiger partial charge in [0.1, 0.15) is 5.76 Å². The Morgan fingerprint density at radius 2 is 2.12 bits per heavy atom. The van der Waals surface area contributed by atoms with Gasteiger partial charge in [-0.25, -0.2) is 0 Å². The highest BCUT2D eigenvalue weighted by atomic mass is 32.1. The maximum Gasteiger partial charge on any atom is 0.170 e. The first-order valence-electron chi connectivity index (χ1n) is 8.93. The minimum Gasteiger partial charge on any atom is -0.467 e. The van der Waals surface area contributed by atoms with E-state index in [4.69, 9.17) is 16.6 Å². The molecule has 3 aromatic heterocycles. The van der Waals surface area contributed by atoms with Gasteiger partial charge in [-0.05, 0) is 55.0 Å². The van der Waals surface area contributed by atoms with Gasteiger partial charge in [0.25, 0.3) is 0 Å². The van der Waals surface area contributed by atoms with Crippen molar-refractivity contribution in [2.24, 2.45) is 0 Å². The van der Waals surface area contributed by atoms with Crippen LogP contribution >= 0.6 is 12.2 Å². The van der Waals surface area contributed by atoms with E-state index in [9.17, 15) is 0 Å². The quantitative estimate of drug-likeness (QED) is 0.670. The number of thiocarbonyl (C=S) groups is 1. The van der Waals surface area contributed by atoms with Gasteiger partial charge >= 0.3 is 0 Å². The molecule has 3 aromatic rings. The van der Waals surface area contributed by atoms with E-state index in [1.807, 2.05) is 30.5 Å². The lowest BCUT2D eigenvalue weighted by atomic mass is 10.0. The first kappa shape index (κ1) is 16.8. The summed E-state index contributed by atoms with van der Waals surface area (Å²) in [4.78, 5) is 6.86. The van der Waals surface area contributed by atoms with Gasteiger partial charge in [-0.1, -0.05) is 13.0 Å². The molecule has 134 valence electrons. The molecule has 1 N–H and O–H groups in total. The van der Waals surface area contributed by atoms with E-state index in [1.54, 1.807) is 6.26 Å². The van der Waals surface area contributed by atoms with Crippen LogP contribution in [0.3, 0.4) is 0 Å². The molecule has 4 rings (SSSR count). The second kappa shape index (κ2) is 7.33. The standard InChI is InChI=1S/C20H22N4OS/c1-2-11-24-19(18(22-20(24)26)16-8-3-4-10-21-16)17-9-5-12-23(17)14-15-7-6-13-25-15/h3-10,12-13,18-19H,2,11,14H2,1H3,(H,22,26)/t18-,19-/m0/s1. The molecule has 0 saturated carbocycles. The highest BCUT2D eigenvalue weighted by Gasteiger charge is 2.40. The van der Waals surface area contributed by atoms with E-state index in [1.165, 1.54) is 5.69 Å². The summed E-state index contributed by atoms with van der Waals surface area (Å²) in [6.45, 7) is 3.79. The van der Waals surface area contributed by atoms with Crippen LogP contribution in [-0.4, -0.2) is 26.1 Å². The maximum atomic E-state index is 5.65. The number of pyridine rings is 1. The molecule has 1 fully saturated rings. The molecule has 0 amide bonds. The van der Waals surface area contributed by atoms with Crippen LogP contribution in [0.15, 0.2) is 65.5 Å². The molecular weight excluding hydrogens is 344 g/mol. The first-order chi connectivity index (χ1) is 12.8. The Bertz CT molecular complexity index is 859. The van der Waals surface area contributed by atoms with Crippen molar-refractivity contribution in [2.45, 2.75) is 32.0 Å². The van der Waals surface area contributed by atoms with Gasteiger partial charge in [-0.15, -0.1) is 0 Å². The van der Waals surface area contributed by atoms with Crippen LogP contribution in [0.25, 0.3) is 0 Å². The molecule has 0 aliphatic carbocycles. The van der Waals surface area contributed by atoms with Crippen LogP contribution in [0, 0.1) is 0 Å². The summed E-state index contributed by atoms with van der Waals surface area (Å²) in [5, 5.41) is 4.28. The number of aromatic nitrogens is 2. The predicted molar refractivity (Wildman–Crippen MR) is 105 cm³/mol. The fraction of sp³-hybridized carbons (Fsp3) is 0.300. The van der Waals surface area contributed by atoms with Crippen LogP contribution in [0.2, 0.25) is 0 Å². The van der Waals surface area contributed by atoms with Gasteiger partial charge in [0.05, 0.1) is 30.6 Å². The highest BCUT2D eigenvalue weighted by Crippen LogP contribution is 2.38. The Kier molecular flexibility index (Phi) is 4.75. The summed E-state index contributed by atoms with van der Waals surface area (Å²) in [6.07, 6.45) is 6.68. The van der Waals surface area contributed by atoms with Gasteiger partial charge in [-0.2, -0.15) is 0 Å². The lowest BCUT2D eigenvalue weighted by Crippen LogP contribution is -2.31. The molecule has 6 heteroatoms. The van der Waals surface area contributed by atoms with Crippen LogP contribution in [0.4, 0.5) is 0 Å². The van der Waals surface area contributed by atoms with Crippen LogP contribution in [0.5, 0.6) is 0 Å². The highest BCUT2D eigenvalue weighted by molar-refractivity contribution is 7.80. The zero-order valence-corrected chi connectivity index (χ0v) is 15.5. The normalized spacial score (nSPS) is 19.7. The molecule has 0 unspecified atom stereocenters. The Hall–Kier alpha value is -2.60. The summed E-state index contributed by atoms with van der Waals surface area (Å²) in [7, 11) is 0. The second-order valence-electron chi connectivity index (χ2n) is 6.46. The van der Waals surface area contributed by atoms with E-state index >= 15 is 0 Å². The molecule has 0 spiro atoms. The van der Waals surface area contributed by atoms with Crippen molar-refractivity contribution in [3.63, 3.8) is 0 Å². The van der Waals surface area contributed by atoms with Crippen molar-refractivity contribution in [3.05, 3.63) is 78.3 Å². The molecule has 0 aromatic carbocycles. The van der Waals surface area contributed by atoms with Crippen molar-refractivity contribution in [3.8, 4) is 0 Å². The van der Waals surface area contributed by atoms with Crippen molar-refractivity contribution in [1.82, 2.24) is 19.8 Å². The summed E-state index contributed by atoms with van der Waals surface area (Å²) in [6, 6.07) is 14.3. The fourth-order valence-electron chi connectivity index (χ4n) is 3.62. The molecule has 4 heterocycles. The third kappa shape index (κ3) is 3.12. The summed E-state index contributed by atoms with van der Waals surface area (Å²) < 4.78 is 7.78. The van der Waals surface area contributed by atoms with Gasteiger partial charge in [0.15, 0.2) is 5.11 Å². The lowest BCUT2D eigenvalue weighted by Gasteiger charge is -2.28. The van der Waals surface area contributed by atoms with Gasteiger partial charge < -0.3 is 19.2 Å². The monoisotopic (exact) mass is 366 g/mol. The fourth-order valence-corrected chi connectivity index (χ4v) is 3.95. The number of hydrogen-bond donors (Lipinski definition) is 1. The SMILES string of the molecule is CCCN1C(=S)N[C@@H](c2ccccn2)[C@@H]1c1cccn1Cc1ccco1. The predicted octanol–water partition coefficient (Wildman–Crippen LogP) is 3.91. The number of rotatable bonds is 6. The Morgan fingerprint density at radius 3 is 2.85 bits per heavy atom. The average molecular weight is 366 g/mol. The van der Waals surface area contributed by atoms with Crippen molar-refractivity contribution in [1.29, 1.82) is 0 Å². The van der Waals surface area contributed by atoms with Gasteiger partial charge in [0.2, 0.25) is 0 Å². The molecule has 1 saturated heterocycles. The summed E-state index contributed by atoms with van der Waals surface area (Å²) in [5.41, 5.74) is 2.21. The third-order valence-corrected chi connectivity index (χ3v) is 5.09. The number of hydrogen-bond acceptors (Lipinski definition) is 3. The molecule has 1 aliphatic heterocycles. The minimum absolute atomic E-state index is 0.0282. The Balaban J connectivity index is 1.73. The molecule has 5 nitrogen and oxygen atoms in total. The second-order valence-corrected chi connectivity index (χ2v) is 6.85. The van der Waals surface area contributed by atoms with Crippen molar-refractivity contribution in [2.75, 3.05) is 6.54 Å². The Labute approximate surface area is 158 Å². The lowest BCUT2D eigenvalue weighted by molar-refractivity contribution is 0.303. The van der Waals surface area contributed by atoms with Crippen LogP contribution in [0.1, 0.15) is 42.6 Å². The third-order valence-electron chi connectivity index (χ3n) is 4.74. The van der Waals surface area contributed by atoms with E-state index in [0.29, 0.717) is 6.54 Å². The van der Waals surface area contributed by atoms with E-state index in [-0.39, 0.29) is 12.1 Å². The van der Waals surface area contributed by atoms with E-state index in [2.05, 4.69) is 51.1 Å². The smallest absolute Gasteiger partial charge is 0.170 e. The Morgan fingerprint density at radius 1 is 1.19 bits per heavy atom. The van der Waals surface area contributed by atoms with Crippen LogP contribution in [-0.2, 0) is 6.54 Å². The number of nitrogens with one attached hydrogen (secondary N) is 1. The average Bonchev–Trinajstić information content (AvgIpc) is 3.39. The number of furan rings is 1. The molecule has 2 atom stereocenters. The molecule has 0 bridgehead atoms. The number of nitrogens with zero attached hydrogens (tertiary/aromatic N) is 3. The first-order valence-corrected chi connectivity index (χ1v) is 9.34. The largest absolute Gasteiger partial charge is 0.467 e. The molecule has 1 aliphatic rings. The zero-order valence-electron chi connectivity index (χ0n) is 14.7. The molecular formula is C20H22N4OS. The van der Waals surface area contributed by atoms with Crippen LogP contribution < -0.4 is 5.32 Å². The summed E-state index contributed by atoms with van der Waals surface area (Å²) >= 11 is 5.65. The van der Waals surface area contributed by atoms with E-state index in [0.717, 1.165) is 29.5 Å². The molecule has 26 heavy (non-hydrogen) atoms. The minimum atomic E-state index is 0.0282.